The molecule has 0 saturated heterocycles. The molecule has 14 heavy (non-hydrogen) atoms. The van der Waals surface area contributed by atoms with Gasteiger partial charge >= 0.3 is 0 Å². The van der Waals surface area contributed by atoms with Crippen LogP contribution < -0.4 is 5.32 Å². The first kappa shape index (κ1) is 11.0. The van der Waals surface area contributed by atoms with Crippen LogP contribution in [0.2, 0.25) is 0 Å². The third-order valence-electron chi connectivity index (χ3n) is 1.71. The van der Waals surface area contributed by atoms with Crippen LogP contribution in [0.1, 0.15) is 25.0 Å². The van der Waals surface area contributed by atoms with Gasteiger partial charge in [-0.2, -0.15) is 0 Å². The average Bonchev–Trinajstić information content (AvgIpc) is 2.63. The van der Waals surface area contributed by atoms with Crippen LogP contribution in [0.25, 0.3) is 0 Å². The molecule has 1 aromatic rings. The Balaban J connectivity index is 2.34. The molecule has 5 heteroatoms. The Morgan fingerprint density at radius 1 is 1.71 bits per heavy atom. The highest BCUT2D eigenvalue weighted by Gasteiger charge is 2.04. The van der Waals surface area contributed by atoms with Crippen molar-refractivity contribution in [3.05, 3.63) is 17.8 Å². The molecule has 0 saturated carbocycles. The Labute approximate surface area is 87.6 Å². The largest absolute Gasteiger partial charge is 0.444 e. The van der Waals surface area contributed by atoms with Gasteiger partial charge in [0, 0.05) is 18.7 Å². The Morgan fingerprint density at radius 2 is 2.50 bits per heavy atom. The summed E-state index contributed by atoms with van der Waals surface area (Å²) in [6.45, 7) is 2.31. The van der Waals surface area contributed by atoms with Crippen molar-refractivity contribution < 1.29 is 9.21 Å². The maximum absolute atomic E-state index is 11.0. The number of hydrogen-bond acceptors (Lipinski definition) is 3. The number of nitrogens with zero attached hydrogens (tertiary/aromatic N) is 1. The van der Waals surface area contributed by atoms with E-state index in [1.165, 1.54) is 0 Å². The smallest absolute Gasteiger partial charge is 0.221 e. The number of nitrogens with one attached hydrogen (secondary N) is 1. The van der Waals surface area contributed by atoms with E-state index in [4.69, 9.17) is 16.0 Å². The number of carbonyl (C=O) groups excluding carboxylic acids is 1. The van der Waals surface area contributed by atoms with Gasteiger partial charge in [-0.3, -0.25) is 4.79 Å². The quantitative estimate of drug-likeness (QED) is 0.759. The Morgan fingerprint density at radius 3 is 3.07 bits per heavy atom. The van der Waals surface area contributed by atoms with Crippen LogP contribution >= 0.6 is 11.6 Å². The van der Waals surface area contributed by atoms with E-state index in [2.05, 4.69) is 10.3 Å². The van der Waals surface area contributed by atoms with Gasteiger partial charge in [-0.1, -0.05) is 6.92 Å². The lowest BCUT2D eigenvalue weighted by Gasteiger charge is -1.99. The second kappa shape index (κ2) is 5.65. The highest BCUT2D eigenvalue weighted by atomic mass is 35.5. The number of carbonyl (C=O) groups is 1. The number of aryl methyl sites for hydroxylation is 1. The molecule has 0 fully saturated rings. The van der Waals surface area contributed by atoms with Gasteiger partial charge in [-0.25, -0.2) is 4.98 Å². The summed E-state index contributed by atoms with van der Waals surface area (Å²) >= 11 is 5.40. The fraction of sp³-hybridized carbons (Fsp3) is 0.556. The summed E-state index contributed by atoms with van der Waals surface area (Å²) in [5.74, 6) is 1.60. The van der Waals surface area contributed by atoms with Crippen LogP contribution in [0.15, 0.2) is 10.6 Å². The zero-order chi connectivity index (χ0) is 10.4. The number of hydrogen-bond donors (Lipinski definition) is 1. The van der Waals surface area contributed by atoms with Crippen molar-refractivity contribution in [1.82, 2.24) is 10.3 Å². The van der Waals surface area contributed by atoms with Gasteiger partial charge in [-0.15, -0.1) is 11.6 Å². The summed E-state index contributed by atoms with van der Waals surface area (Å²) in [6, 6.07) is 0. The molecule has 1 rings (SSSR count). The molecule has 1 heterocycles. The van der Waals surface area contributed by atoms with Crippen LogP contribution in [-0.2, 0) is 17.8 Å². The Bertz CT molecular complexity index is 299. The van der Waals surface area contributed by atoms with Gasteiger partial charge in [0.15, 0.2) is 0 Å². The molecule has 0 spiro atoms. The van der Waals surface area contributed by atoms with Crippen LogP contribution in [-0.4, -0.2) is 16.8 Å². The molecule has 0 bridgehead atoms. The fourth-order valence-electron chi connectivity index (χ4n) is 0.942. The van der Waals surface area contributed by atoms with E-state index >= 15 is 0 Å². The lowest BCUT2D eigenvalue weighted by molar-refractivity contribution is -0.120. The monoisotopic (exact) mass is 216 g/mol. The van der Waals surface area contributed by atoms with E-state index in [0.717, 1.165) is 12.2 Å². The summed E-state index contributed by atoms with van der Waals surface area (Å²) in [6.07, 6.45) is 2.80. The summed E-state index contributed by atoms with van der Waals surface area (Å²) < 4.78 is 5.30. The molecule has 0 aliphatic carbocycles. The SMILES string of the molecule is CCc1cnc(CNC(=O)CCCl)o1. The lowest BCUT2D eigenvalue weighted by atomic mass is 10.4. The first-order valence-electron chi connectivity index (χ1n) is 4.52. The normalized spacial score (nSPS) is 10.1. The van der Waals surface area contributed by atoms with Gasteiger partial charge in [-0.05, 0) is 0 Å². The minimum absolute atomic E-state index is 0.0868. The lowest BCUT2D eigenvalue weighted by Crippen LogP contribution is -2.22. The van der Waals surface area contributed by atoms with Crippen molar-refractivity contribution in [2.75, 3.05) is 5.88 Å². The van der Waals surface area contributed by atoms with E-state index < -0.39 is 0 Å². The number of rotatable bonds is 5. The summed E-state index contributed by atoms with van der Waals surface area (Å²) in [5, 5.41) is 2.66. The molecule has 1 aromatic heterocycles. The average molecular weight is 217 g/mol. The number of amides is 1. The van der Waals surface area contributed by atoms with Gasteiger partial charge in [0.2, 0.25) is 11.8 Å². The van der Waals surface area contributed by atoms with Crippen molar-refractivity contribution >= 4 is 17.5 Å². The number of aromatic nitrogens is 1. The highest BCUT2D eigenvalue weighted by Crippen LogP contribution is 2.03. The molecular formula is C9H13ClN2O2. The minimum atomic E-state index is -0.0868. The van der Waals surface area contributed by atoms with Crippen LogP contribution in [0.5, 0.6) is 0 Å². The van der Waals surface area contributed by atoms with Crippen molar-refractivity contribution in [1.29, 1.82) is 0 Å². The van der Waals surface area contributed by atoms with E-state index in [-0.39, 0.29) is 5.91 Å². The van der Waals surface area contributed by atoms with E-state index in [0.29, 0.717) is 24.7 Å². The van der Waals surface area contributed by atoms with Crippen molar-refractivity contribution in [2.24, 2.45) is 0 Å². The molecule has 0 radical (unpaired) electrons. The summed E-state index contributed by atoms with van der Waals surface area (Å²) in [5.41, 5.74) is 0. The third-order valence-corrected chi connectivity index (χ3v) is 1.90. The van der Waals surface area contributed by atoms with E-state index in [1.807, 2.05) is 6.92 Å². The molecule has 0 aliphatic rings. The van der Waals surface area contributed by atoms with Crippen molar-refractivity contribution in [3.63, 3.8) is 0 Å². The standard InChI is InChI=1S/C9H13ClN2O2/c1-2-7-5-12-9(14-7)6-11-8(13)3-4-10/h5H,2-4,6H2,1H3,(H,11,13). The van der Waals surface area contributed by atoms with Gasteiger partial charge in [0.1, 0.15) is 5.76 Å². The third kappa shape index (κ3) is 3.38. The molecule has 0 atom stereocenters. The maximum atomic E-state index is 11.0. The fourth-order valence-corrected chi connectivity index (χ4v) is 1.11. The summed E-state index contributed by atoms with van der Waals surface area (Å²) in [7, 11) is 0. The van der Waals surface area contributed by atoms with Crippen LogP contribution in [0.3, 0.4) is 0 Å². The molecule has 1 N–H and O–H groups in total. The predicted molar refractivity (Wildman–Crippen MR) is 53.1 cm³/mol. The van der Waals surface area contributed by atoms with E-state index in [1.54, 1.807) is 6.20 Å². The molecular weight excluding hydrogens is 204 g/mol. The first-order valence-corrected chi connectivity index (χ1v) is 5.06. The zero-order valence-corrected chi connectivity index (χ0v) is 8.80. The van der Waals surface area contributed by atoms with Crippen LogP contribution in [0, 0.1) is 0 Å². The molecule has 78 valence electrons. The molecule has 4 nitrogen and oxygen atoms in total. The molecule has 0 aliphatic heterocycles. The van der Waals surface area contributed by atoms with Gasteiger partial charge < -0.3 is 9.73 Å². The Hall–Kier alpha value is -1.03. The second-order valence-electron chi connectivity index (χ2n) is 2.79. The zero-order valence-electron chi connectivity index (χ0n) is 8.05. The van der Waals surface area contributed by atoms with Crippen molar-refractivity contribution in [2.45, 2.75) is 26.3 Å². The molecule has 0 unspecified atom stereocenters. The number of alkyl halides is 1. The number of oxazole rings is 1. The highest BCUT2D eigenvalue weighted by molar-refractivity contribution is 6.18. The number of halogens is 1. The van der Waals surface area contributed by atoms with E-state index in [9.17, 15) is 4.79 Å². The van der Waals surface area contributed by atoms with Gasteiger partial charge in [0.25, 0.3) is 0 Å². The molecule has 0 aromatic carbocycles. The first-order chi connectivity index (χ1) is 6.76. The van der Waals surface area contributed by atoms with Gasteiger partial charge in [0.05, 0.1) is 12.7 Å². The second-order valence-corrected chi connectivity index (χ2v) is 3.17. The van der Waals surface area contributed by atoms with Crippen LogP contribution in [0.4, 0.5) is 0 Å². The van der Waals surface area contributed by atoms with Crippen molar-refractivity contribution in [3.8, 4) is 0 Å². The maximum Gasteiger partial charge on any atom is 0.221 e. The Kier molecular flexibility index (Phi) is 4.46. The minimum Gasteiger partial charge on any atom is -0.444 e. The summed E-state index contributed by atoms with van der Waals surface area (Å²) in [4.78, 5) is 15.0. The topological polar surface area (TPSA) is 55.1 Å². The predicted octanol–water partition coefficient (Wildman–Crippen LogP) is 1.48. The molecule has 1 amide bonds.